The number of nitro groups is 1. The first-order valence-electron chi connectivity index (χ1n) is 5.05. The van der Waals surface area contributed by atoms with Crippen molar-refractivity contribution in [2.45, 2.75) is 18.6 Å². The molecule has 1 amide bonds. The molecule has 0 aliphatic carbocycles. The Hall–Kier alpha value is -1.48. The van der Waals surface area contributed by atoms with E-state index in [-0.39, 0.29) is 27.7 Å². The minimum Gasteiger partial charge on any atom is -0.288 e. The lowest BCUT2D eigenvalue weighted by Gasteiger charge is -2.11. The number of carbonyl (C=O) groups excluding carboxylic acids is 2. The number of hydrogen-bond acceptors (Lipinski definition) is 7. The largest absolute Gasteiger partial charge is 0.345 e. The predicted molar refractivity (Wildman–Crippen MR) is 67.8 cm³/mol. The van der Waals surface area contributed by atoms with Crippen LogP contribution in [0.25, 0.3) is 0 Å². The Labute approximate surface area is 110 Å². The zero-order chi connectivity index (χ0) is 13.3. The molecule has 1 saturated heterocycles. The molecule has 0 radical (unpaired) electrons. The van der Waals surface area contributed by atoms with Gasteiger partial charge >= 0.3 is 5.00 Å². The summed E-state index contributed by atoms with van der Waals surface area (Å²) in [6, 6.07) is 0. The van der Waals surface area contributed by atoms with Gasteiger partial charge in [-0.1, -0.05) is 11.8 Å². The molecule has 1 aliphatic heterocycles. The molecule has 2 rings (SSSR count). The lowest BCUT2D eigenvalue weighted by molar-refractivity contribution is -0.380. The van der Waals surface area contributed by atoms with E-state index in [1.807, 2.05) is 0 Å². The van der Waals surface area contributed by atoms with Crippen molar-refractivity contribution in [3.8, 4) is 0 Å². The Morgan fingerprint density at radius 1 is 1.72 bits per heavy atom. The van der Waals surface area contributed by atoms with Crippen molar-refractivity contribution < 1.29 is 14.5 Å². The highest BCUT2D eigenvalue weighted by Crippen LogP contribution is 2.33. The van der Waals surface area contributed by atoms with Crippen molar-refractivity contribution in [3.63, 3.8) is 0 Å². The van der Waals surface area contributed by atoms with E-state index in [1.165, 1.54) is 11.8 Å². The van der Waals surface area contributed by atoms with Gasteiger partial charge in [0.1, 0.15) is 6.20 Å². The number of thioether (sulfide) groups is 1. The van der Waals surface area contributed by atoms with Gasteiger partial charge in [0, 0.05) is 25.1 Å². The molecule has 0 spiro atoms. The Morgan fingerprint density at radius 2 is 2.44 bits per heavy atom. The average Bonchev–Trinajstić information content (AvgIpc) is 2.83. The minimum atomic E-state index is -0.538. The van der Waals surface area contributed by atoms with Crippen molar-refractivity contribution in [1.82, 2.24) is 4.98 Å². The molecule has 7 nitrogen and oxygen atoms in total. The van der Waals surface area contributed by atoms with Gasteiger partial charge in [-0.05, 0) is 11.3 Å². The summed E-state index contributed by atoms with van der Waals surface area (Å²) in [5.41, 5.74) is 0. The van der Waals surface area contributed by atoms with Crippen molar-refractivity contribution in [2.75, 3.05) is 11.4 Å². The summed E-state index contributed by atoms with van der Waals surface area (Å²) in [4.78, 5) is 38.0. The van der Waals surface area contributed by atoms with Gasteiger partial charge in [0.15, 0.2) is 10.2 Å². The van der Waals surface area contributed by atoms with Crippen LogP contribution in [-0.2, 0) is 9.59 Å². The molecule has 18 heavy (non-hydrogen) atoms. The summed E-state index contributed by atoms with van der Waals surface area (Å²) in [6.45, 7) is 1.82. The third kappa shape index (κ3) is 2.67. The van der Waals surface area contributed by atoms with Gasteiger partial charge in [0.05, 0.1) is 4.92 Å². The smallest absolute Gasteiger partial charge is 0.288 e. The van der Waals surface area contributed by atoms with Crippen molar-refractivity contribution in [2.24, 2.45) is 0 Å². The number of hydrogen-bond donors (Lipinski definition) is 0. The van der Waals surface area contributed by atoms with Gasteiger partial charge < -0.3 is 0 Å². The van der Waals surface area contributed by atoms with Crippen LogP contribution in [0.5, 0.6) is 0 Å². The van der Waals surface area contributed by atoms with E-state index in [1.54, 1.807) is 0 Å². The Morgan fingerprint density at radius 3 is 3.00 bits per heavy atom. The maximum absolute atomic E-state index is 11.7. The molecule has 1 aromatic heterocycles. The number of amides is 1. The summed E-state index contributed by atoms with van der Waals surface area (Å²) in [7, 11) is 0. The molecule has 0 N–H and O–H groups in total. The molecule has 96 valence electrons. The highest BCUT2D eigenvalue weighted by molar-refractivity contribution is 8.14. The van der Waals surface area contributed by atoms with Crippen LogP contribution in [0.15, 0.2) is 6.20 Å². The van der Waals surface area contributed by atoms with Crippen LogP contribution < -0.4 is 4.90 Å². The standard InChI is InChI=1S/C9H9N3O4S2/c1-5(13)17-6-2-7(14)11(4-6)9-10-3-8(18-9)12(15)16/h3,6H,2,4H2,1H3. The van der Waals surface area contributed by atoms with Crippen molar-refractivity contribution >= 4 is 44.3 Å². The number of nitrogens with zero attached hydrogens (tertiary/aromatic N) is 3. The van der Waals surface area contributed by atoms with E-state index in [2.05, 4.69) is 4.98 Å². The van der Waals surface area contributed by atoms with Gasteiger partial charge in [-0.15, -0.1) is 0 Å². The highest BCUT2D eigenvalue weighted by atomic mass is 32.2. The minimum absolute atomic E-state index is 0.0419. The number of aromatic nitrogens is 1. The normalized spacial score (nSPS) is 19.3. The monoisotopic (exact) mass is 287 g/mol. The molecule has 1 aliphatic rings. The van der Waals surface area contributed by atoms with E-state index >= 15 is 0 Å². The van der Waals surface area contributed by atoms with E-state index in [0.717, 1.165) is 29.3 Å². The SMILES string of the molecule is CC(=O)SC1CC(=O)N(c2ncc([N+](=O)[O-])s2)C1. The first-order valence-corrected chi connectivity index (χ1v) is 6.75. The van der Waals surface area contributed by atoms with Crippen molar-refractivity contribution in [3.05, 3.63) is 16.3 Å². The maximum Gasteiger partial charge on any atom is 0.345 e. The van der Waals surface area contributed by atoms with Crippen LogP contribution in [0, 0.1) is 10.1 Å². The molecule has 1 fully saturated rings. The Kier molecular flexibility index (Phi) is 3.62. The Balaban J connectivity index is 2.11. The molecule has 1 aromatic rings. The van der Waals surface area contributed by atoms with E-state index in [0.29, 0.717) is 11.7 Å². The Bertz CT molecular complexity index is 516. The number of carbonyl (C=O) groups is 2. The molecule has 0 aromatic carbocycles. The lowest BCUT2D eigenvalue weighted by Crippen LogP contribution is -2.24. The molecule has 0 bridgehead atoms. The van der Waals surface area contributed by atoms with E-state index in [4.69, 9.17) is 0 Å². The second-order valence-corrected chi connectivity index (χ2v) is 6.14. The molecule has 1 unspecified atom stereocenters. The van der Waals surface area contributed by atoms with E-state index < -0.39 is 4.92 Å². The van der Waals surface area contributed by atoms with Crippen molar-refractivity contribution in [1.29, 1.82) is 0 Å². The van der Waals surface area contributed by atoms with E-state index in [9.17, 15) is 19.7 Å². The fourth-order valence-corrected chi connectivity index (χ4v) is 3.32. The van der Waals surface area contributed by atoms with Gasteiger partial charge in [-0.2, -0.15) is 0 Å². The first-order chi connectivity index (χ1) is 8.47. The second kappa shape index (κ2) is 5.02. The fourth-order valence-electron chi connectivity index (χ4n) is 1.64. The molecule has 2 heterocycles. The molecule has 0 saturated carbocycles. The average molecular weight is 287 g/mol. The fraction of sp³-hybridized carbons (Fsp3) is 0.444. The topological polar surface area (TPSA) is 93.4 Å². The summed E-state index contributed by atoms with van der Waals surface area (Å²) < 4.78 is 0. The zero-order valence-electron chi connectivity index (χ0n) is 9.36. The highest BCUT2D eigenvalue weighted by Gasteiger charge is 2.34. The summed E-state index contributed by atoms with van der Waals surface area (Å²) in [5, 5.41) is 10.6. The van der Waals surface area contributed by atoms with Gasteiger partial charge in [-0.3, -0.25) is 24.6 Å². The summed E-state index contributed by atoms with van der Waals surface area (Å²) >= 11 is 1.98. The van der Waals surface area contributed by atoms with Crippen LogP contribution in [-0.4, -0.2) is 32.7 Å². The van der Waals surface area contributed by atoms with Crippen LogP contribution in [0.1, 0.15) is 13.3 Å². The quantitative estimate of drug-likeness (QED) is 0.616. The first kappa shape index (κ1) is 13.0. The van der Waals surface area contributed by atoms with Crippen LogP contribution in [0.4, 0.5) is 10.1 Å². The predicted octanol–water partition coefficient (Wildman–Crippen LogP) is 1.44. The third-order valence-electron chi connectivity index (χ3n) is 2.31. The summed E-state index contributed by atoms with van der Waals surface area (Å²) in [5.74, 6) is -0.155. The molecule has 9 heteroatoms. The van der Waals surface area contributed by atoms with Crippen LogP contribution in [0.3, 0.4) is 0 Å². The number of anilines is 1. The number of thiazole rings is 1. The van der Waals surface area contributed by atoms with Gasteiger partial charge in [0.25, 0.3) is 0 Å². The second-order valence-electron chi connectivity index (χ2n) is 3.68. The maximum atomic E-state index is 11.7. The van der Waals surface area contributed by atoms with Gasteiger partial charge in [-0.25, -0.2) is 4.98 Å². The lowest BCUT2D eigenvalue weighted by atomic mass is 10.4. The van der Waals surface area contributed by atoms with Crippen LogP contribution >= 0.6 is 23.1 Å². The number of rotatable bonds is 3. The zero-order valence-corrected chi connectivity index (χ0v) is 11.0. The molecular weight excluding hydrogens is 278 g/mol. The molecule has 1 atom stereocenters. The van der Waals surface area contributed by atoms with Gasteiger partial charge in [0.2, 0.25) is 5.91 Å². The molecular formula is C9H9N3O4S2. The third-order valence-corrected chi connectivity index (χ3v) is 4.27. The van der Waals surface area contributed by atoms with Crippen LogP contribution in [0.2, 0.25) is 0 Å². The summed E-state index contributed by atoms with van der Waals surface area (Å²) in [6.07, 6.45) is 1.40.